The number of hydrogen-bond donors (Lipinski definition) is 4. The van der Waals surface area contributed by atoms with Crippen LogP contribution in [0.2, 0.25) is 0 Å². The lowest BCUT2D eigenvalue weighted by molar-refractivity contribution is 0.363. The lowest BCUT2D eigenvalue weighted by Gasteiger charge is -2.03. The maximum Gasteiger partial charge on any atom is 0.168 e. The van der Waals surface area contributed by atoms with Crippen molar-refractivity contribution in [1.82, 2.24) is 0 Å². The molecule has 0 bridgehead atoms. The number of rotatable bonds is 0. The number of phenolic OH excluding ortho intramolecular Hbond substituents is 4. The second-order valence-electron chi connectivity index (χ2n) is 2.35. The Morgan fingerprint density at radius 3 is 0.917 bits per heavy atom. The summed E-state index contributed by atoms with van der Waals surface area (Å²) in [6.45, 7) is 6.47. The minimum absolute atomic E-state index is 0.225. The quantitative estimate of drug-likeness (QED) is 0.306. The molecule has 0 saturated carbocycles. The maximum absolute atomic E-state index is 9.07. The van der Waals surface area contributed by atoms with Gasteiger partial charge in [-0.2, -0.15) is 0 Å². The first-order chi connectivity index (χ1) is 5.46. The Kier molecular flexibility index (Phi) is 1.61. The molecular formula is C8H8O4. The highest BCUT2D eigenvalue weighted by atomic mass is 16.3. The molecule has 1 aromatic carbocycles. The van der Waals surface area contributed by atoms with Gasteiger partial charge in [0, 0.05) is 0 Å². The second kappa shape index (κ2) is 2.34. The van der Waals surface area contributed by atoms with Crippen LogP contribution >= 0.6 is 0 Å². The topological polar surface area (TPSA) is 80.9 Å². The van der Waals surface area contributed by atoms with Crippen molar-refractivity contribution in [2.24, 2.45) is 0 Å². The van der Waals surface area contributed by atoms with Crippen LogP contribution in [-0.4, -0.2) is 20.4 Å². The second-order valence-corrected chi connectivity index (χ2v) is 2.35. The third-order valence-electron chi connectivity index (χ3n) is 1.59. The van der Waals surface area contributed by atoms with Crippen LogP contribution in [0.5, 0.6) is 23.0 Å². The predicted molar refractivity (Wildman–Crippen MR) is 43.4 cm³/mol. The third kappa shape index (κ3) is 0.852. The van der Waals surface area contributed by atoms with Gasteiger partial charge in [0.2, 0.25) is 0 Å². The molecule has 0 spiro atoms. The van der Waals surface area contributed by atoms with E-state index in [2.05, 4.69) is 13.2 Å². The van der Waals surface area contributed by atoms with Gasteiger partial charge < -0.3 is 20.4 Å². The summed E-state index contributed by atoms with van der Waals surface area (Å²) in [7, 11) is 0. The maximum atomic E-state index is 9.07. The summed E-state index contributed by atoms with van der Waals surface area (Å²) in [5.41, 5.74) is 0. The van der Waals surface area contributed by atoms with Crippen LogP contribution in [0.3, 0.4) is 0 Å². The molecule has 0 saturated heterocycles. The Labute approximate surface area is 68.0 Å². The van der Waals surface area contributed by atoms with E-state index in [1.54, 1.807) is 0 Å². The summed E-state index contributed by atoms with van der Waals surface area (Å²) in [6, 6.07) is 0. The number of benzene rings is 1. The molecule has 1 aromatic rings. The Balaban J connectivity index is 3.86. The molecule has 0 aliphatic heterocycles. The van der Waals surface area contributed by atoms with E-state index in [0.717, 1.165) is 0 Å². The normalized spacial score (nSPS) is 10.0. The molecule has 0 unspecified atom stereocenters. The van der Waals surface area contributed by atoms with Gasteiger partial charge in [0.05, 0.1) is 10.4 Å². The van der Waals surface area contributed by atoms with E-state index in [0.29, 0.717) is 0 Å². The first-order valence-electron chi connectivity index (χ1n) is 3.10. The van der Waals surface area contributed by atoms with Gasteiger partial charge in [0.1, 0.15) is 0 Å². The Hall–Kier alpha value is -1.84. The van der Waals surface area contributed by atoms with E-state index in [-0.39, 0.29) is 10.4 Å². The zero-order chi connectivity index (χ0) is 9.46. The van der Waals surface area contributed by atoms with E-state index in [4.69, 9.17) is 20.4 Å². The summed E-state index contributed by atoms with van der Waals surface area (Å²) < 4.78 is 0. The molecule has 4 nitrogen and oxygen atoms in total. The summed E-state index contributed by atoms with van der Waals surface area (Å²) in [5.74, 6) is -2.30. The fraction of sp³-hybridized carbons (Fsp3) is 0. The predicted octanol–water partition coefficient (Wildman–Crippen LogP) is -0.670. The Morgan fingerprint density at radius 1 is 0.583 bits per heavy atom. The fourth-order valence-corrected chi connectivity index (χ4v) is 0.796. The first kappa shape index (κ1) is 8.26. The van der Waals surface area contributed by atoms with Crippen molar-refractivity contribution >= 4 is 13.2 Å². The molecule has 0 atom stereocenters. The van der Waals surface area contributed by atoms with Crippen LogP contribution in [0.15, 0.2) is 0 Å². The smallest absolute Gasteiger partial charge is 0.168 e. The van der Waals surface area contributed by atoms with E-state index in [1.165, 1.54) is 0 Å². The van der Waals surface area contributed by atoms with Gasteiger partial charge in [-0.25, -0.2) is 0 Å². The highest BCUT2D eigenvalue weighted by molar-refractivity contribution is 5.55. The van der Waals surface area contributed by atoms with E-state index >= 15 is 0 Å². The fourth-order valence-electron chi connectivity index (χ4n) is 0.796. The van der Waals surface area contributed by atoms with Crippen molar-refractivity contribution in [3.05, 3.63) is 10.4 Å². The average Bonchev–Trinajstić information content (AvgIpc) is 2.08. The Morgan fingerprint density at radius 2 is 0.750 bits per heavy atom. The number of phenols is 4. The van der Waals surface area contributed by atoms with Crippen LogP contribution in [0, 0.1) is 0 Å². The summed E-state index contributed by atoms with van der Waals surface area (Å²) in [6.07, 6.45) is 0. The molecule has 0 aliphatic carbocycles. The van der Waals surface area contributed by atoms with Crippen LogP contribution in [0.4, 0.5) is 0 Å². The van der Waals surface area contributed by atoms with Gasteiger partial charge in [-0.15, -0.1) is 0 Å². The molecule has 0 aliphatic rings. The molecule has 0 aromatic heterocycles. The molecule has 12 heavy (non-hydrogen) atoms. The largest absolute Gasteiger partial charge is 0.504 e. The average molecular weight is 168 g/mol. The summed E-state index contributed by atoms with van der Waals surface area (Å²) >= 11 is 0. The minimum Gasteiger partial charge on any atom is -0.504 e. The molecule has 0 amide bonds. The van der Waals surface area contributed by atoms with Crippen LogP contribution in [0.25, 0.3) is 13.2 Å². The molecule has 4 heteroatoms. The standard InChI is InChI=1S/C8H8O4/c1-3-5(9)7(11)4(2)8(12)6(3)10/h9-12H,1-2H2. The highest BCUT2D eigenvalue weighted by Crippen LogP contribution is 2.24. The SMILES string of the molecule is C=c1c(O)c(O)c(=C)c(O)c1O. The molecule has 4 N–H and O–H groups in total. The number of aromatic hydroxyl groups is 4. The molecular weight excluding hydrogens is 160 g/mol. The van der Waals surface area contributed by atoms with Crippen molar-refractivity contribution in [3.63, 3.8) is 0 Å². The van der Waals surface area contributed by atoms with E-state index in [1.807, 2.05) is 0 Å². The van der Waals surface area contributed by atoms with Gasteiger partial charge in [-0.1, -0.05) is 13.2 Å². The van der Waals surface area contributed by atoms with Gasteiger partial charge in [-0.3, -0.25) is 0 Å². The lowest BCUT2D eigenvalue weighted by atomic mass is 10.2. The molecule has 64 valence electrons. The van der Waals surface area contributed by atoms with Gasteiger partial charge in [0.15, 0.2) is 23.0 Å². The van der Waals surface area contributed by atoms with E-state index < -0.39 is 23.0 Å². The van der Waals surface area contributed by atoms with Crippen molar-refractivity contribution in [3.8, 4) is 23.0 Å². The van der Waals surface area contributed by atoms with E-state index in [9.17, 15) is 0 Å². The molecule has 0 heterocycles. The van der Waals surface area contributed by atoms with Crippen molar-refractivity contribution in [2.75, 3.05) is 0 Å². The van der Waals surface area contributed by atoms with Crippen molar-refractivity contribution in [2.45, 2.75) is 0 Å². The van der Waals surface area contributed by atoms with Crippen LogP contribution in [0.1, 0.15) is 0 Å². The van der Waals surface area contributed by atoms with Crippen molar-refractivity contribution < 1.29 is 20.4 Å². The molecule has 0 fully saturated rings. The number of hydrogen-bond acceptors (Lipinski definition) is 4. The van der Waals surface area contributed by atoms with Crippen LogP contribution < -0.4 is 10.4 Å². The lowest BCUT2D eigenvalue weighted by Crippen LogP contribution is -2.09. The Bertz CT molecular complexity index is 346. The summed E-state index contributed by atoms with van der Waals surface area (Å²) in [5, 5.41) is 35.8. The van der Waals surface area contributed by atoms with Crippen molar-refractivity contribution in [1.29, 1.82) is 0 Å². The zero-order valence-corrected chi connectivity index (χ0v) is 6.20. The minimum atomic E-state index is -0.574. The van der Waals surface area contributed by atoms with Gasteiger partial charge >= 0.3 is 0 Å². The first-order valence-corrected chi connectivity index (χ1v) is 3.10. The molecule has 1 rings (SSSR count). The van der Waals surface area contributed by atoms with Gasteiger partial charge in [0.25, 0.3) is 0 Å². The van der Waals surface area contributed by atoms with Gasteiger partial charge in [-0.05, 0) is 0 Å². The summed E-state index contributed by atoms with van der Waals surface area (Å²) in [4.78, 5) is 0. The zero-order valence-electron chi connectivity index (χ0n) is 6.20. The van der Waals surface area contributed by atoms with Crippen LogP contribution in [-0.2, 0) is 0 Å². The monoisotopic (exact) mass is 168 g/mol. The third-order valence-corrected chi connectivity index (χ3v) is 1.59. The molecule has 0 radical (unpaired) electrons. The highest BCUT2D eigenvalue weighted by Gasteiger charge is 2.11.